The average Bonchev–Trinajstić information content (AvgIpc) is 2.81. The maximum absolute atomic E-state index is 13.4. The fourth-order valence-corrected chi connectivity index (χ4v) is 4.58. The molecular formula is C15H19FN4O3S. The number of hydrogen-bond donors (Lipinski definition) is 0. The first-order chi connectivity index (χ1) is 11.4. The van der Waals surface area contributed by atoms with Crippen LogP contribution in [0.2, 0.25) is 0 Å². The predicted octanol–water partition coefficient (Wildman–Crippen LogP) is 1.20. The lowest BCUT2D eigenvalue weighted by atomic mass is 10.2. The fraction of sp³-hybridized carbons (Fsp3) is 0.467. The van der Waals surface area contributed by atoms with Gasteiger partial charge in [-0.1, -0.05) is 6.07 Å². The highest BCUT2D eigenvalue weighted by atomic mass is 32.2. The molecule has 0 radical (unpaired) electrons. The van der Waals surface area contributed by atoms with Gasteiger partial charge in [-0.25, -0.2) is 12.8 Å². The number of nitrogens with zero attached hydrogens (tertiary/aromatic N) is 4. The van der Waals surface area contributed by atoms with Crippen LogP contribution in [-0.2, 0) is 34.3 Å². The average molecular weight is 354 g/mol. The Kier molecular flexibility index (Phi) is 4.66. The molecule has 0 N–H and O–H groups in total. The second-order valence-electron chi connectivity index (χ2n) is 5.74. The van der Waals surface area contributed by atoms with Crippen molar-refractivity contribution in [2.45, 2.75) is 37.4 Å². The van der Waals surface area contributed by atoms with Crippen molar-refractivity contribution in [2.24, 2.45) is 0 Å². The molecule has 3 rings (SSSR count). The van der Waals surface area contributed by atoms with E-state index in [1.54, 1.807) is 7.11 Å². The third-order valence-electron chi connectivity index (χ3n) is 4.09. The number of halogens is 1. The zero-order valence-electron chi connectivity index (χ0n) is 13.5. The van der Waals surface area contributed by atoms with Crippen LogP contribution in [0.15, 0.2) is 29.2 Å². The molecule has 0 unspecified atom stereocenters. The Morgan fingerprint density at radius 3 is 2.83 bits per heavy atom. The molecule has 1 aromatic heterocycles. The highest BCUT2D eigenvalue weighted by Crippen LogP contribution is 2.23. The van der Waals surface area contributed by atoms with Crippen molar-refractivity contribution in [2.75, 3.05) is 13.7 Å². The smallest absolute Gasteiger partial charge is 0.243 e. The van der Waals surface area contributed by atoms with Crippen LogP contribution in [0, 0.1) is 5.82 Å². The summed E-state index contributed by atoms with van der Waals surface area (Å²) in [6.07, 6.45) is 0.436. The summed E-state index contributed by atoms with van der Waals surface area (Å²) in [7, 11) is -2.21. The van der Waals surface area contributed by atoms with Gasteiger partial charge in [0, 0.05) is 32.7 Å². The Hall–Kier alpha value is -1.84. The Morgan fingerprint density at radius 1 is 1.33 bits per heavy atom. The van der Waals surface area contributed by atoms with Gasteiger partial charge in [-0.3, -0.25) is 0 Å². The Bertz CT molecular complexity index is 837. The monoisotopic (exact) mass is 354 g/mol. The molecule has 0 spiro atoms. The summed E-state index contributed by atoms with van der Waals surface area (Å²) in [5, 5.41) is 8.23. The van der Waals surface area contributed by atoms with Gasteiger partial charge in [0.2, 0.25) is 10.0 Å². The number of fused-ring (bicyclic) bond motifs is 1. The van der Waals surface area contributed by atoms with E-state index in [-0.39, 0.29) is 17.5 Å². The van der Waals surface area contributed by atoms with Gasteiger partial charge in [-0.2, -0.15) is 4.31 Å². The van der Waals surface area contributed by atoms with Gasteiger partial charge in [0.05, 0.1) is 4.90 Å². The zero-order valence-corrected chi connectivity index (χ0v) is 14.3. The lowest BCUT2D eigenvalue weighted by Gasteiger charge is -2.25. The Labute approximate surface area is 140 Å². The van der Waals surface area contributed by atoms with E-state index in [1.165, 1.54) is 22.5 Å². The minimum Gasteiger partial charge on any atom is -0.377 e. The molecule has 0 bridgehead atoms. The van der Waals surface area contributed by atoms with Gasteiger partial charge >= 0.3 is 0 Å². The van der Waals surface area contributed by atoms with Gasteiger partial charge in [0.1, 0.15) is 18.2 Å². The third kappa shape index (κ3) is 3.06. The second-order valence-corrected chi connectivity index (χ2v) is 7.63. The zero-order chi connectivity index (χ0) is 17.3. The molecule has 130 valence electrons. The van der Waals surface area contributed by atoms with Crippen molar-refractivity contribution in [3.05, 3.63) is 41.7 Å². The topological polar surface area (TPSA) is 77.3 Å². The molecule has 24 heavy (non-hydrogen) atoms. The standard InChI is InChI=1S/C15H19FN4O3S/c1-11-8-14-17-18-15(10-23-2)19(14)6-7-20(11)24(21,22)13-5-3-4-12(16)9-13/h3-5,9,11H,6-8,10H2,1-2H3/t11-/m0/s1. The SMILES string of the molecule is COCc1nnc2n1CCN(S(=O)(=O)c1cccc(F)c1)[C@@H](C)C2. The van der Waals surface area contributed by atoms with Crippen LogP contribution in [-0.4, -0.2) is 47.2 Å². The molecule has 1 aromatic carbocycles. The molecule has 1 atom stereocenters. The van der Waals surface area contributed by atoms with Crippen LogP contribution in [0.5, 0.6) is 0 Å². The molecule has 2 heterocycles. The second kappa shape index (κ2) is 6.58. The number of ether oxygens (including phenoxy) is 1. The summed E-state index contributed by atoms with van der Waals surface area (Å²) < 4.78 is 47.6. The molecule has 0 amide bonds. The molecule has 7 nitrogen and oxygen atoms in total. The van der Waals surface area contributed by atoms with Crippen LogP contribution in [0.4, 0.5) is 4.39 Å². The third-order valence-corrected chi connectivity index (χ3v) is 6.10. The lowest BCUT2D eigenvalue weighted by molar-refractivity contribution is 0.173. The quantitative estimate of drug-likeness (QED) is 0.824. The number of hydrogen-bond acceptors (Lipinski definition) is 5. The van der Waals surface area contributed by atoms with Gasteiger partial charge in [-0.15, -0.1) is 10.2 Å². The number of benzene rings is 1. The van der Waals surface area contributed by atoms with Crippen LogP contribution in [0.3, 0.4) is 0 Å². The van der Waals surface area contributed by atoms with Gasteiger partial charge < -0.3 is 9.30 Å². The van der Waals surface area contributed by atoms with Crippen molar-refractivity contribution < 1.29 is 17.5 Å². The molecule has 0 saturated carbocycles. The summed E-state index contributed by atoms with van der Waals surface area (Å²) in [6, 6.07) is 4.77. The van der Waals surface area contributed by atoms with E-state index in [9.17, 15) is 12.8 Å². The van der Waals surface area contributed by atoms with Crippen LogP contribution in [0.1, 0.15) is 18.6 Å². The van der Waals surface area contributed by atoms with E-state index < -0.39 is 15.8 Å². The van der Waals surface area contributed by atoms with E-state index in [0.717, 1.165) is 11.9 Å². The van der Waals surface area contributed by atoms with Crippen molar-refractivity contribution in [3.63, 3.8) is 0 Å². The van der Waals surface area contributed by atoms with Gasteiger partial charge in [-0.05, 0) is 25.1 Å². The van der Waals surface area contributed by atoms with E-state index in [2.05, 4.69) is 10.2 Å². The first kappa shape index (κ1) is 17.0. The van der Waals surface area contributed by atoms with E-state index in [4.69, 9.17) is 4.74 Å². The van der Waals surface area contributed by atoms with E-state index in [0.29, 0.717) is 25.4 Å². The summed E-state index contributed by atoms with van der Waals surface area (Å²) in [5.74, 6) is 0.828. The number of rotatable bonds is 4. The molecule has 9 heteroatoms. The summed E-state index contributed by atoms with van der Waals surface area (Å²) in [4.78, 5) is -0.0378. The van der Waals surface area contributed by atoms with Crippen LogP contribution < -0.4 is 0 Å². The first-order valence-corrected chi connectivity index (χ1v) is 9.05. The summed E-state index contributed by atoms with van der Waals surface area (Å²) >= 11 is 0. The van der Waals surface area contributed by atoms with Crippen molar-refractivity contribution >= 4 is 10.0 Å². The Morgan fingerprint density at radius 2 is 2.12 bits per heavy atom. The van der Waals surface area contributed by atoms with Gasteiger partial charge in [0.25, 0.3) is 0 Å². The number of aromatic nitrogens is 3. The van der Waals surface area contributed by atoms with Crippen molar-refractivity contribution in [1.29, 1.82) is 0 Å². The van der Waals surface area contributed by atoms with Crippen molar-refractivity contribution in [1.82, 2.24) is 19.1 Å². The Balaban J connectivity index is 1.91. The van der Waals surface area contributed by atoms with Crippen molar-refractivity contribution in [3.8, 4) is 0 Å². The molecule has 0 aliphatic carbocycles. The molecule has 0 saturated heterocycles. The minimum atomic E-state index is -3.78. The molecule has 1 aliphatic rings. The highest BCUT2D eigenvalue weighted by Gasteiger charge is 2.33. The van der Waals surface area contributed by atoms with Crippen LogP contribution >= 0.6 is 0 Å². The molecular weight excluding hydrogens is 335 g/mol. The fourth-order valence-electron chi connectivity index (χ4n) is 2.92. The maximum Gasteiger partial charge on any atom is 0.243 e. The molecule has 1 aliphatic heterocycles. The summed E-state index contributed by atoms with van der Waals surface area (Å²) in [6.45, 7) is 2.83. The molecule has 0 fully saturated rings. The maximum atomic E-state index is 13.4. The van der Waals surface area contributed by atoms with E-state index >= 15 is 0 Å². The predicted molar refractivity (Wildman–Crippen MR) is 84.2 cm³/mol. The number of sulfonamides is 1. The minimum absolute atomic E-state index is 0.0378. The van der Waals surface area contributed by atoms with Crippen LogP contribution in [0.25, 0.3) is 0 Å². The summed E-state index contributed by atoms with van der Waals surface area (Å²) in [5.41, 5.74) is 0. The largest absolute Gasteiger partial charge is 0.377 e. The lowest BCUT2D eigenvalue weighted by Crippen LogP contribution is -2.40. The normalized spacial score (nSPS) is 19.0. The van der Waals surface area contributed by atoms with E-state index in [1.807, 2.05) is 11.5 Å². The number of methoxy groups -OCH3 is 1. The van der Waals surface area contributed by atoms with Gasteiger partial charge in [0.15, 0.2) is 5.82 Å². The highest BCUT2D eigenvalue weighted by molar-refractivity contribution is 7.89. The first-order valence-electron chi connectivity index (χ1n) is 7.61. The molecule has 2 aromatic rings.